The first-order valence-corrected chi connectivity index (χ1v) is 8.88. The number of aromatic nitrogens is 3. The fourth-order valence-corrected chi connectivity index (χ4v) is 3.00. The van der Waals surface area contributed by atoms with Gasteiger partial charge in [-0.05, 0) is 30.7 Å². The van der Waals surface area contributed by atoms with Crippen LogP contribution in [0.3, 0.4) is 0 Å². The van der Waals surface area contributed by atoms with Crippen LogP contribution in [0.4, 0.5) is 5.82 Å². The Labute approximate surface area is 156 Å². The molecule has 1 amide bonds. The second kappa shape index (κ2) is 7.63. The van der Waals surface area contributed by atoms with Gasteiger partial charge >= 0.3 is 0 Å². The van der Waals surface area contributed by atoms with Crippen molar-refractivity contribution in [1.29, 1.82) is 0 Å². The molecular weight excluding hydrogens is 346 g/mol. The number of amides is 1. The van der Waals surface area contributed by atoms with Gasteiger partial charge in [0.15, 0.2) is 11.5 Å². The van der Waals surface area contributed by atoms with Crippen molar-refractivity contribution in [1.82, 2.24) is 20.5 Å². The predicted octanol–water partition coefficient (Wildman–Crippen LogP) is 2.22. The number of carbonyl (C=O) groups excluding carboxylic acids is 1. The molecule has 1 atom stereocenters. The van der Waals surface area contributed by atoms with Crippen LogP contribution < -0.4 is 10.2 Å². The molecule has 0 radical (unpaired) electrons. The number of hydrogen-bond donors (Lipinski definition) is 2. The number of carbonyl (C=O) groups is 1. The van der Waals surface area contributed by atoms with Gasteiger partial charge < -0.3 is 19.4 Å². The number of rotatable bonds is 5. The fraction of sp³-hybridized carbons (Fsp3) is 0.316. The number of nitrogens with zero attached hydrogens (tertiary/aromatic N) is 3. The second-order valence-corrected chi connectivity index (χ2v) is 6.48. The molecule has 3 aromatic heterocycles. The maximum absolute atomic E-state index is 12.3. The molecular formula is C19H21N5O3. The highest BCUT2D eigenvalue weighted by Gasteiger charge is 2.18. The van der Waals surface area contributed by atoms with E-state index >= 15 is 0 Å². The van der Waals surface area contributed by atoms with Crippen molar-refractivity contribution < 1.29 is 13.9 Å². The molecule has 1 aliphatic heterocycles. The third-order valence-electron chi connectivity index (χ3n) is 4.42. The predicted molar refractivity (Wildman–Crippen MR) is 99.3 cm³/mol. The average molecular weight is 367 g/mol. The zero-order valence-electron chi connectivity index (χ0n) is 15.0. The summed E-state index contributed by atoms with van der Waals surface area (Å²) in [6.07, 6.45) is 3.57. The summed E-state index contributed by atoms with van der Waals surface area (Å²) < 4.78 is 10.8. The van der Waals surface area contributed by atoms with Crippen molar-refractivity contribution in [3.63, 3.8) is 0 Å². The summed E-state index contributed by atoms with van der Waals surface area (Å²) in [5.41, 5.74) is 1.90. The van der Waals surface area contributed by atoms with Crippen LogP contribution >= 0.6 is 0 Å². The van der Waals surface area contributed by atoms with E-state index in [1.807, 2.05) is 12.1 Å². The first-order valence-electron chi connectivity index (χ1n) is 8.88. The van der Waals surface area contributed by atoms with E-state index in [0.29, 0.717) is 30.3 Å². The molecule has 3 aromatic rings. The molecule has 0 spiro atoms. The van der Waals surface area contributed by atoms with Gasteiger partial charge in [0.1, 0.15) is 11.5 Å². The summed E-state index contributed by atoms with van der Waals surface area (Å²) in [4.78, 5) is 19.0. The lowest BCUT2D eigenvalue weighted by Crippen LogP contribution is -2.41. The minimum atomic E-state index is -0.255. The summed E-state index contributed by atoms with van der Waals surface area (Å²) in [5.74, 6) is 1.31. The van der Waals surface area contributed by atoms with Crippen LogP contribution in [-0.4, -0.2) is 46.9 Å². The molecule has 8 heteroatoms. The van der Waals surface area contributed by atoms with Gasteiger partial charge in [0.2, 0.25) is 0 Å². The quantitative estimate of drug-likeness (QED) is 0.718. The van der Waals surface area contributed by atoms with Gasteiger partial charge in [0.25, 0.3) is 5.91 Å². The molecule has 27 heavy (non-hydrogen) atoms. The summed E-state index contributed by atoms with van der Waals surface area (Å²) in [5, 5.41) is 9.69. The second-order valence-electron chi connectivity index (χ2n) is 6.48. The smallest absolute Gasteiger partial charge is 0.272 e. The summed E-state index contributed by atoms with van der Waals surface area (Å²) in [6, 6.07) is 9.20. The van der Waals surface area contributed by atoms with E-state index in [9.17, 15) is 4.79 Å². The lowest BCUT2D eigenvalue weighted by molar-refractivity contribution is 0.0529. The van der Waals surface area contributed by atoms with Crippen molar-refractivity contribution in [2.45, 2.75) is 19.6 Å². The van der Waals surface area contributed by atoms with Gasteiger partial charge in [-0.2, -0.15) is 5.10 Å². The van der Waals surface area contributed by atoms with Crippen LogP contribution in [-0.2, 0) is 11.3 Å². The monoisotopic (exact) mass is 367 g/mol. The maximum Gasteiger partial charge on any atom is 0.272 e. The number of morpholine rings is 1. The summed E-state index contributed by atoms with van der Waals surface area (Å²) in [6.45, 7) is 4.83. The number of H-pyrrole nitrogens is 1. The zero-order valence-corrected chi connectivity index (χ0v) is 15.0. The molecule has 4 heterocycles. The Kier molecular flexibility index (Phi) is 4.88. The van der Waals surface area contributed by atoms with E-state index < -0.39 is 0 Å². The van der Waals surface area contributed by atoms with E-state index in [2.05, 4.69) is 32.3 Å². The van der Waals surface area contributed by atoms with E-state index in [1.165, 1.54) is 0 Å². The van der Waals surface area contributed by atoms with Crippen molar-refractivity contribution in [2.24, 2.45) is 0 Å². The molecule has 4 rings (SSSR count). The number of aromatic amines is 1. The molecule has 1 saturated heterocycles. The van der Waals surface area contributed by atoms with Crippen LogP contribution in [0.25, 0.3) is 11.5 Å². The third-order valence-corrected chi connectivity index (χ3v) is 4.42. The maximum atomic E-state index is 12.3. The normalized spacial score (nSPS) is 17.1. The summed E-state index contributed by atoms with van der Waals surface area (Å²) >= 11 is 0. The van der Waals surface area contributed by atoms with Crippen LogP contribution in [0.5, 0.6) is 0 Å². The summed E-state index contributed by atoms with van der Waals surface area (Å²) in [7, 11) is 0. The number of furan rings is 1. The molecule has 0 aliphatic carbocycles. The highest BCUT2D eigenvalue weighted by Crippen LogP contribution is 2.18. The van der Waals surface area contributed by atoms with Gasteiger partial charge in [-0.1, -0.05) is 6.07 Å². The molecule has 0 bridgehead atoms. The Balaban J connectivity index is 1.34. The molecule has 1 fully saturated rings. The van der Waals surface area contributed by atoms with Gasteiger partial charge in [-0.15, -0.1) is 0 Å². The highest BCUT2D eigenvalue weighted by molar-refractivity contribution is 5.93. The van der Waals surface area contributed by atoms with Gasteiger partial charge in [0, 0.05) is 31.9 Å². The van der Waals surface area contributed by atoms with Gasteiger partial charge in [-0.25, -0.2) is 4.98 Å². The number of hydrogen-bond acceptors (Lipinski definition) is 6. The SMILES string of the molecule is C[C@H]1CN(c2ccc(CNC(=O)c3cc(-c4ccco4)[nH]n3)cn2)CCO1. The largest absolute Gasteiger partial charge is 0.463 e. The highest BCUT2D eigenvalue weighted by atomic mass is 16.5. The van der Waals surface area contributed by atoms with Crippen LogP contribution in [0.1, 0.15) is 23.0 Å². The first kappa shape index (κ1) is 17.3. The number of anilines is 1. The van der Waals surface area contributed by atoms with Gasteiger partial charge in [-0.3, -0.25) is 9.89 Å². The number of ether oxygens (including phenoxy) is 1. The van der Waals surface area contributed by atoms with Crippen LogP contribution in [0.15, 0.2) is 47.2 Å². The van der Waals surface area contributed by atoms with Crippen LogP contribution in [0, 0.1) is 0 Å². The molecule has 0 aromatic carbocycles. The standard InChI is InChI=1S/C19H21N5O3/c1-13-12-24(6-8-26-13)18-5-4-14(10-20-18)11-21-19(25)16-9-15(22-23-16)17-3-2-7-27-17/h2-5,7,9-10,13H,6,8,11-12H2,1H3,(H,21,25)(H,22,23)/t13-/m0/s1. The average Bonchev–Trinajstić information content (AvgIpc) is 3.38. The topological polar surface area (TPSA) is 96.3 Å². The molecule has 140 valence electrons. The minimum Gasteiger partial charge on any atom is -0.463 e. The zero-order chi connectivity index (χ0) is 18.6. The Morgan fingerprint density at radius 2 is 2.33 bits per heavy atom. The first-order chi connectivity index (χ1) is 13.2. The number of pyridine rings is 1. The Bertz CT molecular complexity index is 888. The minimum absolute atomic E-state index is 0.208. The number of nitrogens with one attached hydrogen (secondary N) is 2. The molecule has 0 unspecified atom stereocenters. The third kappa shape index (κ3) is 4.01. The van der Waals surface area contributed by atoms with Crippen LogP contribution in [0.2, 0.25) is 0 Å². The Morgan fingerprint density at radius 1 is 1.41 bits per heavy atom. The Morgan fingerprint density at radius 3 is 3.07 bits per heavy atom. The van der Waals surface area contributed by atoms with Crippen molar-refractivity contribution in [2.75, 3.05) is 24.6 Å². The van der Waals surface area contributed by atoms with Crippen molar-refractivity contribution in [3.05, 3.63) is 54.0 Å². The molecule has 2 N–H and O–H groups in total. The van der Waals surface area contributed by atoms with Crippen molar-refractivity contribution in [3.8, 4) is 11.5 Å². The lowest BCUT2D eigenvalue weighted by atomic mass is 10.2. The molecule has 0 saturated carbocycles. The van der Waals surface area contributed by atoms with E-state index in [-0.39, 0.29) is 12.0 Å². The van der Waals surface area contributed by atoms with Crippen molar-refractivity contribution >= 4 is 11.7 Å². The fourth-order valence-electron chi connectivity index (χ4n) is 3.00. The molecule has 1 aliphatic rings. The van der Waals surface area contributed by atoms with E-state index in [1.54, 1.807) is 30.7 Å². The van der Waals surface area contributed by atoms with Gasteiger partial charge in [0.05, 0.1) is 19.0 Å². The lowest BCUT2D eigenvalue weighted by Gasteiger charge is -2.32. The Hall–Kier alpha value is -3.13. The van der Waals surface area contributed by atoms with E-state index in [0.717, 1.165) is 24.5 Å². The molecule has 8 nitrogen and oxygen atoms in total. The van der Waals surface area contributed by atoms with E-state index in [4.69, 9.17) is 9.15 Å².